The van der Waals surface area contributed by atoms with Crippen molar-refractivity contribution >= 4 is 45.4 Å². The van der Waals surface area contributed by atoms with E-state index < -0.39 is 5.91 Å². The van der Waals surface area contributed by atoms with Gasteiger partial charge in [0.05, 0.1) is 32.8 Å². The topological polar surface area (TPSA) is 103 Å². The summed E-state index contributed by atoms with van der Waals surface area (Å²) in [5.74, 6) is 0.0937. The van der Waals surface area contributed by atoms with Crippen LogP contribution < -0.4 is 10.9 Å². The first kappa shape index (κ1) is 41.3. The van der Waals surface area contributed by atoms with Crippen molar-refractivity contribution in [2.75, 3.05) is 11.7 Å². The molecule has 0 saturated carbocycles. The van der Waals surface area contributed by atoms with Gasteiger partial charge in [-0.05, 0) is 26.0 Å². The molecule has 4 aromatic rings. The van der Waals surface area contributed by atoms with E-state index in [0.29, 0.717) is 22.4 Å². The highest BCUT2D eigenvalue weighted by Crippen LogP contribution is 2.29. The highest BCUT2D eigenvalue weighted by atomic mass is 35.5. The standard InChI is InChI=1S/C19H16N6O2S.5C2H6.CH3Cl/c1-10-16(28-11(2)22-10)17-24-15-12(19(27)25(17)3)5-4-6-13(15)23-18(26)14-9-20-7-8-21-14;6*1-2/h4-9H,1-3H3,(H,23,26);5*1-2H3;1H3. The number of aryl methyl sites for hydroxylation is 2. The summed E-state index contributed by atoms with van der Waals surface area (Å²) in [6.45, 7) is 23.8. The third kappa shape index (κ3) is 11.5. The van der Waals surface area contributed by atoms with E-state index in [2.05, 4.69) is 31.9 Å². The van der Waals surface area contributed by atoms with Crippen molar-refractivity contribution in [3.63, 3.8) is 0 Å². The second kappa shape index (κ2) is 24.8. The van der Waals surface area contributed by atoms with Crippen LogP contribution in [0.5, 0.6) is 0 Å². The Kier molecular flexibility index (Phi) is 25.7. The number of rotatable bonds is 3. The number of para-hydroxylation sites is 1. The minimum absolute atomic E-state index is 0.178. The molecule has 1 N–H and O–H groups in total. The molecule has 0 radical (unpaired) electrons. The Balaban J connectivity index is -0.00000101. The third-order valence-corrected chi connectivity index (χ3v) is 5.33. The average molecular weight is 593 g/mol. The van der Waals surface area contributed by atoms with Gasteiger partial charge in [0.15, 0.2) is 5.82 Å². The zero-order valence-electron chi connectivity index (χ0n) is 26.8. The molecule has 0 aliphatic carbocycles. The molecule has 1 amide bonds. The summed E-state index contributed by atoms with van der Waals surface area (Å²) < 4.78 is 1.51. The van der Waals surface area contributed by atoms with E-state index in [-0.39, 0.29) is 11.3 Å². The number of benzene rings is 1. The van der Waals surface area contributed by atoms with Crippen molar-refractivity contribution in [1.82, 2.24) is 24.5 Å². The van der Waals surface area contributed by atoms with Gasteiger partial charge in [0.2, 0.25) is 0 Å². The van der Waals surface area contributed by atoms with Crippen LogP contribution in [0.4, 0.5) is 5.69 Å². The summed E-state index contributed by atoms with van der Waals surface area (Å²) in [7, 11) is 1.68. The minimum atomic E-state index is -0.422. The fourth-order valence-electron chi connectivity index (χ4n) is 2.94. The van der Waals surface area contributed by atoms with Crippen LogP contribution >= 0.6 is 22.9 Å². The van der Waals surface area contributed by atoms with Gasteiger partial charge in [0.1, 0.15) is 11.2 Å². The molecule has 0 fully saturated rings. The van der Waals surface area contributed by atoms with Gasteiger partial charge in [-0.15, -0.1) is 22.9 Å². The lowest BCUT2D eigenvalue weighted by atomic mass is 10.2. The van der Waals surface area contributed by atoms with Gasteiger partial charge < -0.3 is 5.32 Å². The Labute approximate surface area is 250 Å². The maximum atomic E-state index is 12.9. The number of hydrogen-bond donors (Lipinski definition) is 1. The number of carbonyl (C=O) groups excluding carboxylic acids is 1. The molecule has 8 nitrogen and oxygen atoms in total. The van der Waals surface area contributed by atoms with Crippen LogP contribution in [0.3, 0.4) is 0 Å². The van der Waals surface area contributed by atoms with E-state index in [9.17, 15) is 9.59 Å². The number of halogens is 1. The van der Waals surface area contributed by atoms with E-state index in [1.165, 1.54) is 40.9 Å². The summed E-state index contributed by atoms with van der Waals surface area (Å²) in [4.78, 5) is 43.3. The van der Waals surface area contributed by atoms with Crippen LogP contribution in [0.2, 0.25) is 0 Å². The molecular formula is C30H49ClN6O2S. The fraction of sp³-hybridized carbons (Fsp3) is 0.467. The van der Waals surface area contributed by atoms with E-state index in [1.807, 2.05) is 83.1 Å². The second-order valence-corrected chi connectivity index (χ2v) is 7.40. The molecule has 4 rings (SSSR count). The maximum absolute atomic E-state index is 12.9. The zero-order valence-corrected chi connectivity index (χ0v) is 28.4. The van der Waals surface area contributed by atoms with Gasteiger partial charge in [-0.2, -0.15) is 0 Å². The smallest absolute Gasteiger partial charge is 0.275 e. The normalized spacial score (nSPS) is 8.57. The summed E-state index contributed by atoms with van der Waals surface area (Å²) in [5.41, 5.74) is 1.65. The number of fused-ring (bicyclic) bond motifs is 1. The Morgan fingerprint density at radius 1 is 0.900 bits per heavy atom. The lowest BCUT2D eigenvalue weighted by Gasteiger charge is -2.12. The largest absolute Gasteiger partial charge is 0.319 e. The van der Waals surface area contributed by atoms with Crippen molar-refractivity contribution in [2.24, 2.45) is 7.05 Å². The van der Waals surface area contributed by atoms with Gasteiger partial charge >= 0.3 is 0 Å². The molecule has 0 unspecified atom stereocenters. The number of nitrogens with zero attached hydrogens (tertiary/aromatic N) is 5. The molecule has 0 aliphatic rings. The number of alkyl halides is 1. The van der Waals surface area contributed by atoms with Gasteiger partial charge in [-0.25, -0.2) is 15.0 Å². The number of hydrogen-bond acceptors (Lipinski definition) is 7. The summed E-state index contributed by atoms with van der Waals surface area (Å²) in [5, 5.41) is 4.10. The number of thiazole rings is 1. The highest BCUT2D eigenvalue weighted by Gasteiger charge is 2.18. The van der Waals surface area contributed by atoms with Crippen LogP contribution in [0.15, 0.2) is 41.6 Å². The number of anilines is 1. The molecule has 3 aromatic heterocycles. The summed E-state index contributed by atoms with van der Waals surface area (Å²) in [6.07, 6.45) is 5.78. The number of nitrogens with one attached hydrogen (secondary N) is 1. The lowest BCUT2D eigenvalue weighted by molar-refractivity contribution is 0.102. The van der Waals surface area contributed by atoms with Crippen LogP contribution in [0.1, 0.15) is 90.4 Å². The Morgan fingerprint density at radius 2 is 1.48 bits per heavy atom. The third-order valence-electron chi connectivity index (χ3n) is 4.26. The first-order valence-corrected chi connectivity index (χ1v) is 15.4. The van der Waals surface area contributed by atoms with Gasteiger partial charge in [-0.3, -0.25) is 19.1 Å². The van der Waals surface area contributed by atoms with Crippen LogP contribution in [-0.4, -0.2) is 36.8 Å². The average Bonchev–Trinajstić information content (AvgIpc) is 3.38. The predicted octanol–water partition coefficient (Wildman–Crippen LogP) is 8.70. The molecular weight excluding hydrogens is 544 g/mol. The van der Waals surface area contributed by atoms with E-state index in [1.54, 1.807) is 25.2 Å². The van der Waals surface area contributed by atoms with Crippen molar-refractivity contribution in [1.29, 1.82) is 0 Å². The summed E-state index contributed by atoms with van der Waals surface area (Å²) in [6, 6.07) is 5.11. The van der Waals surface area contributed by atoms with Crippen molar-refractivity contribution in [2.45, 2.75) is 83.1 Å². The molecule has 0 spiro atoms. The van der Waals surface area contributed by atoms with E-state index in [4.69, 9.17) is 4.98 Å². The quantitative estimate of drug-likeness (QED) is 0.239. The molecule has 10 heteroatoms. The number of amides is 1. The van der Waals surface area contributed by atoms with Crippen LogP contribution in [0.25, 0.3) is 21.6 Å². The van der Waals surface area contributed by atoms with E-state index >= 15 is 0 Å². The monoisotopic (exact) mass is 592 g/mol. The highest BCUT2D eigenvalue weighted by molar-refractivity contribution is 7.15. The Bertz CT molecular complexity index is 1270. The molecule has 40 heavy (non-hydrogen) atoms. The fourth-order valence-corrected chi connectivity index (χ4v) is 3.88. The van der Waals surface area contributed by atoms with Crippen LogP contribution in [0, 0.1) is 13.8 Å². The molecule has 224 valence electrons. The minimum Gasteiger partial charge on any atom is -0.319 e. The molecule has 0 bridgehead atoms. The molecule has 0 aliphatic heterocycles. The molecule has 0 saturated heterocycles. The molecule has 3 heterocycles. The lowest BCUT2D eigenvalue weighted by Crippen LogP contribution is -2.21. The maximum Gasteiger partial charge on any atom is 0.275 e. The van der Waals surface area contributed by atoms with Crippen molar-refractivity contribution in [3.8, 4) is 10.7 Å². The predicted molar refractivity (Wildman–Crippen MR) is 176 cm³/mol. The number of carbonyl (C=O) groups is 1. The van der Waals surface area contributed by atoms with Gasteiger partial charge in [-0.1, -0.05) is 75.3 Å². The van der Waals surface area contributed by atoms with Crippen molar-refractivity contribution < 1.29 is 4.79 Å². The first-order valence-electron chi connectivity index (χ1n) is 13.8. The first-order chi connectivity index (χ1) is 19.5. The number of aromatic nitrogens is 5. The second-order valence-electron chi connectivity index (χ2n) is 6.19. The van der Waals surface area contributed by atoms with Gasteiger partial charge in [0, 0.05) is 25.8 Å². The SMILES string of the molecule is CC.CC.CC.CC.CC.CCl.Cc1nc(C)c(-c2nc3c(NC(=O)c4cnccn4)cccc3c(=O)n2C)s1. The van der Waals surface area contributed by atoms with Gasteiger partial charge in [0.25, 0.3) is 11.5 Å². The van der Waals surface area contributed by atoms with E-state index in [0.717, 1.165) is 15.6 Å². The van der Waals surface area contributed by atoms with Crippen LogP contribution in [-0.2, 0) is 7.05 Å². The van der Waals surface area contributed by atoms with Crippen molar-refractivity contribution in [3.05, 3.63) is 63.5 Å². The Morgan fingerprint density at radius 3 is 1.95 bits per heavy atom. The Hall–Kier alpha value is -3.17. The molecule has 1 aromatic carbocycles. The zero-order chi connectivity index (χ0) is 31.8. The summed E-state index contributed by atoms with van der Waals surface area (Å²) >= 11 is 6.12. The molecule has 0 atom stereocenters.